The first-order valence-electron chi connectivity index (χ1n) is 9.31. The number of nitrogens with one attached hydrogen (secondary N) is 1. The fourth-order valence-corrected chi connectivity index (χ4v) is 3.18. The zero-order valence-corrected chi connectivity index (χ0v) is 15.7. The van der Waals surface area contributed by atoms with Gasteiger partial charge in [0.05, 0.1) is 6.20 Å². The lowest BCUT2D eigenvalue weighted by atomic mass is 10.00. The van der Waals surface area contributed by atoms with Crippen molar-refractivity contribution in [2.24, 2.45) is 0 Å². The third-order valence-corrected chi connectivity index (χ3v) is 4.69. The molecule has 2 aromatic heterocycles. The number of nitrogens with zero attached hydrogens (tertiary/aromatic N) is 5. The first-order chi connectivity index (χ1) is 14.2. The van der Waals surface area contributed by atoms with Gasteiger partial charge in [-0.3, -0.25) is 9.59 Å². The van der Waals surface area contributed by atoms with E-state index in [1.807, 2.05) is 17.0 Å². The van der Waals surface area contributed by atoms with Crippen molar-refractivity contribution in [3.63, 3.8) is 0 Å². The van der Waals surface area contributed by atoms with E-state index in [4.69, 9.17) is 0 Å². The molecule has 0 aliphatic carbocycles. The van der Waals surface area contributed by atoms with Crippen molar-refractivity contribution in [2.45, 2.75) is 19.5 Å². The number of rotatable bonds is 5. The molecule has 1 aromatic carbocycles. The van der Waals surface area contributed by atoms with Crippen LogP contribution in [0.5, 0.6) is 0 Å². The molecule has 0 unspecified atom stereocenters. The summed E-state index contributed by atoms with van der Waals surface area (Å²) < 4.78 is 1.43. The van der Waals surface area contributed by atoms with Crippen LogP contribution >= 0.6 is 0 Å². The highest BCUT2D eigenvalue weighted by atomic mass is 16.2. The monoisotopic (exact) mass is 388 g/mol. The molecule has 1 aliphatic heterocycles. The topological polar surface area (TPSA) is 93.0 Å². The van der Waals surface area contributed by atoms with E-state index in [0.29, 0.717) is 12.4 Å². The number of fused-ring (bicyclic) bond motifs is 1. The van der Waals surface area contributed by atoms with Gasteiger partial charge >= 0.3 is 0 Å². The molecule has 0 saturated carbocycles. The number of pyridine rings is 1. The molecule has 0 fully saturated rings. The van der Waals surface area contributed by atoms with E-state index in [0.717, 1.165) is 18.5 Å². The third-order valence-electron chi connectivity index (χ3n) is 4.69. The Morgan fingerprint density at radius 1 is 1.14 bits per heavy atom. The number of hydrogen-bond acceptors (Lipinski definition) is 5. The molecule has 0 radical (unpaired) electrons. The smallest absolute Gasteiger partial charge is 0.247 e. The number of carbonyl (C=O) groups excluding carboxylic acids is 2. The fraction of sp³-hybridized carbons (Fsp3) is 0.190. The van der Waals surface area contributed by atoms with Crippen LogP contribution in [-0.2, 0) is 29.1 Å². The molecule has 1 aliphatic rings. The molecular weight excluding hydrogens is 368 g/mol. The van der Waals surface area contributed by atoms with E-state index in [2.05, 4.69) is 32.7 Å². The van der Waals surface area contributed by atoms with Crippen LogP contribution in [0, 0.1) is 0 Å². The quantitative estimate of drug-likeness (QED) is 0.674. The number of amides is 2. The Morgan fingerprint density at radius 2 is 2.00 bits per heavy atom. The van der Waals surface area contributed by atoms with E-state index >= 15 is 0 Å². The first-order valence-corrected chi connectivity index (χ1v) is 9.31. The third kappa shape index (κ3) is 4.73. The molecule has 146 valence electrons. The Hall–Kier alpha value is -3.81. The predicted molar refractivity (Wildman–Crippen MR) is 107 cm³/mol. The summed E-state index contributed by atoms with van der Waals surface area (Å²) in [6.45, 7) is 1.42. The van der Waals surface area contributed by atoms with Crippen molar-refractivity contribution >= 4 is 23.7 Å². The Bertz CT molecular complexity index is 1030. The van der Waals surface area contributed by atoms with Crippen LogP contribution < -0.4 is 5.32 Å². The first kappa shape index (κ1) is 18.5. The van der Waals surface area contributed by atoms with E-state index in [9.17, 15) is 9.59 Å². The van der Waals surface area contributed by atoms with Crippen LogP contribution in [-0.4, -0.2) is 43.2 Å². The molecule has 1 N–H and O–H groups in total. The maximum atomic E-state index is 12.5. The molecule has 0 atom stereocenters. The second-order valence-electron chi connectivity index (χ2n) is 6.74. The summed E-state index contributed by atoms with van der Waals surface area (Å²) in [6, 6.07) is 11.7. The number of carbonyl (C=O) groups is 2. The maximum absolute atomic E-state index is 12.5. The molecule has 3 aromatic rings. The Labute approximate surface area is 167 Å². The van der Waals surface area contributed by atoms with Gasteiger partial charge in [-0.05, 0) is 41.3 Å². The van der Waals surface area contributed by atoms with Crippen LogP contribution in [0.3, 0.4) is 0 Å². The summed E-state index contributed by atoms with van der Waals surface area (Å²) in [6.07, 6.45) is 8.90. The highest BCUT2D eigenvalue weighted by molar-refractivity contribution is 5.92. The van der Waals surface area contributed by atoms with Crippen molar-refractivity contribution in [3.05, 3.63) is 77.8 Å². The zero-order chi connectivity index (χ0) is 20.1. The molecule has 8 nitrogen and oxygen atoms in total. The summed E-state index contributed by atoms with van der Waals surface area (Å²) in [4.78, 5) is 30.5. The number of hydrogen-bond donors (Lipinski definition) is 1. The van der Waals surface area contributed by atoms with E-state index < -0.39 is 0 Å². The van der Waals surface area contributed by atoms with E-state index in [-0.39, 0.29) is 18.4 Å². The van der Waals surface area contributed by atoms with Crippen LogP contribution in [0.4, 0.5) is 5.82 Å². The van der Waals surface area contributed by atoms with Crippen LogP contribution in [0.25, 0.3) is 6.08 Å². The molecule has 29 heavy (non-hydrogen) atoms. The molecule has 0 bridgehead atoms. The number of anilines is 1. The van der Waals surface area contributed by atoms with Crippen molar-refractivity contribution in [1.82, 2.24) is 24.9 Å². The van der Waals surface area contributed by atoms with Gasteiger partial charge in [0.25, 0.3) is 0 Å². The minimum atomic E-state index is -0.244. The summed E-state index contributed by atoms with van der Waals surface area (Å²) in [5.74, 6) is 0.169. The SMILES string of the molecule is O=C(Cn1ccnn1)Nc1ccc(C=CC(=O)N2CCc3ccccc3C2)cn1. The van der Waals surface area contributed by atoms with Crippen molar-refractivity contribution < 1.29 is 9.59 Å². The highest BCUT2D eigenvalue weighted by Crippen LogP contribution is 2.19. The molecular formula is C21H20N6O2. The summed E-state index contributed by atoms with van der Waals surface area (Å²) in [5, 5.41) is 10.1. The molecule has 8 heteroatoms. The summed E-state index contributed by atoms with van der Waals surface area (Å²) in [5.41, 5.74) is 3.30. The fourth-order valence-electron chi connectivity index (χ4n) is 3.18. The van der Waals surface area contributed by atoms with Crippen molar-refractivity contribution in [3.8, 4) is 0 Å². The molecule has 2 amide bonds. The van der Waals surface area contributed by atoms with Gasteiger partial charge in [-0.25, -0.2) is 9.67 Å². The maximum Gasteiger partial charge on any atom is 0.247 e. The lowest BCUT2D eigenvalue weighted by Crippen LogP contribution is -2.34. The average Bonchev–Trinajstić information content (AvgIpc) is 3.25. The van der Waals surface area contributed by atoms with Crippen LogP contribution in [0.2, 0.25) is 0 Å². The predicted octanol–water partition coefficient (Wildman–Crippen LogP) is 1.91. The van der Waals surface area contributed by atoms with E-state index in [1.165, 1.54) is 22.0 Å². The minimum Gasteiger partial charge on any atom is -0.334 e. The highest BCUT2D eigenvalue weighted by Gasteiger charge is 2.18. The van der Waals surface area contributed by atoms with Crippen molar-refractivity contribution in [1.29, 1.82) is 0 Å². The Kier molecular flexibility index (Phi) is 5.42. The molecule has 0 spiro atoms. The van der Waals surface area contributed by atoms with Crippen molar-refractivity contribution in [2.75, 3.05) is 11.9 Å². The zero-order valence-electron chi connectivity index (χ0n) is 15.7. The minimum absolute atomic E-state index is 0.0234. The van der Waals surface area contributed by atoms with Gasteiger partial charge in [-0.2, -0.15) is 0 Å². The van der Waals surface area contributed by atoms with Gasteiger partial charge in [0.1, 0.15) is 12.4 Å². The van der Waals surface area contributed by atoms with Gasteiger partial charge in [-0.15, -0.1) is 5.10 Å². The molecule has 4 rings (SSSR count). The second kappa shape index (κ2) is 8.47. The Morgan fingerprint density at radius 3 is 2.76 bits per heavy atom. The van der Waals surface area contributed by atoms with Gasteiger partial charge in [0, 0.05) is 31.6 Å². The standard InChI is InChI=1S/C21H20N6O2/c28-20(15-27-12-10-23-25-27)24-19-7-5-16(13-22-19)6-8-21(29)26-11-9-17-3-1-2-4-18(17)14-26/h1-8,10,12-13H,9,11,14-15H2,(H,22,24,28). The Balaban J connectivity index is 1.32. The van der Waals surface area contributed by atoms with Gasteiger partial charge in [0.2, 0.25) is 11.8 Å². The largest absolute Gasteiger partial charge is 0.334 e. The summed E-state index contributed by atoms with van der Waals surface area (Å²) >= 11 is 0. The molecule has 3 heterocycles. The van der Waals surface area contributed by atoms with Gasteiger partial charge < -0.3 is 10.2 Å². The van der Waals surface area contributed by atoms with Crippen LogP contribution in [0.15, 0.2) is 61.1 Å². The number of benzene rings is 1. The normalized spacial score (nSPS) is 13.3. The second-order valence-corrected chi connectivity index (χ2v) is 6.74. The number of aromatic nitrogens is 4. The van der Waals surface area contributed by atoms with Gasteiger partial charge in [0.15, 0.2) is 0 Å². The van der Waals surface area contributed by atoms with Gasteiger partial charge in [-0.1, -0.05) is 29.5 Å². The molecule has 0 saturated heterocycles. The van der Waals surface area contributed by atoms with E-state index in [1.54, 1.807) is 36.7 Å². The lowest BCUT2D eigenvalue weighted by molar-refractivity contribution is -0.126. The average molecular weight is 388 g/mol. The lowest BCUT2D eigenvalue weighted by Gasteiger charge is -2.27. The summed E-state index contributed by atoms with van der Waals surface area (Å²) in [7, 11) is 0. The van der Waals surface area contributed by atoms with Crippen LogP contribution in [0.1, 0.15) is 16.7 Å².